The monoisotopic (exact) mass is 427 g/mol. The van der Waals surface area contributed by atoms with Crippen molar-refractivity contribution in [2.45, 2.75) is 38.3 Å². The lowest BCUT2D eigenvalue weighted by molar-refractivity contribution is 0.102. The Labute approximate surface area is 184 Å². The fourth-order valence-electron chi connectivity index (χ4n) is 4.01. The second-order valence-corrected chi connectivity index (χ2v) is 8.25. The van der Waals surface area contributed by atoms with Crippen molar-refractivity contribution in [2.24, 2.45) is 0 Å². The van der Waals surface area contributed by atoms with Crippen molar-refractivity contribution >= 4 is 11.6 Å². The zero-order valence-electron chi connectivity index (χ0n) is 17.5. The third-order valence-electron chi connectivity index (χ3n) is 5.77. The van der Waals surface area contributed by atoms with Crippen LogP contribution in [0.15, 0.2) is 55.4 Å². The molecule has 6 rings (SSSR count). The minimum Gasteiger partial charge on any atom is -0.486 e. The molecule has 1 fully saturated rings. The second kappa shape index (κ2) is 7.30. The summed E-state index contributed by atoms with van der Waals surface area (Å²) < 4.78 is 10.0. The average Bonchev–Trinajstić information content (AvgIpc) is 3.39. The molecule has 1 N–H and O–H groups in total. The predicted octanol–water partition coefficient (Wildman–Crippen LogP) is 3.44. The molecule has 4 heterocycles. The van der Waals surface area contributed by atoms with Crippen LogP contribution in [0.4, 0.5) is 5.69 Å². The number of fused-ring (bicyclic) bond motifs is 3. The molecule has 0 spiro atoms. The van der Waals surface area contributed by atoms with Crippen LogP contribution in [0.3, 0.4) is 0 Å². The molecule has 0 radical (unpaired) electrons. The van der Waals surface area contributed by atoms with Crippen molar-refractivity contribution in [3.05, 3.63) is 66.8 Å². The first-order chi connectivity index (χ1) is 15.7. The molecular formula is C23H21N7O2. The number of benzene rings is 1. The number of pyridine rings is 1. The van der Waals surface area contributed by atoms with E-state index in [-0.39, 0.29) is 12.0 Å². The van der Waals surface area contributed by atoms with Gasteiger partial charge < -0.3 is 19.2 Å². The summed E-state index contributed by atoms with van der Waals surface area (Å²) in [4.78, 5) is 21.8. The number of rotatable bonds is 4. The Kier molecular flexibility index (Phi) is 4.27. The highest BCUT2D eigenvalue weighted by atomic mass is 16.5. The summed E-state index contributed by atoms with van der Waals surface area (Å²) in [5, 5.41) is 11.2. The molecule has 9 nitrogen and oxygen atoms in total. The first-order valence-electron chi connectivity index (χ1n) is 10.7. The second-order valence-electron chi connectivity index (χ2n) is 8.25. The Morgan fingerprint density at radius 2 is 2.09 bits per heavy atom. The topological polar surface area (TPSA) is 99.8 Å². The minimum atomic E-state index is -0.315. The average molecular weight is 427 g/mol. The van der Waals surface area contributed by atoms with Gasteiger partial charge in [0, 0.05) is 18.3 Å². The van der Waals surface area contributed by atoms with Crippen molar-refractivity contribution < 1.29 is 9.53 Å². The Hall–Kier alpha value is -4.01. The predicted molar refractivity (Wildman–Crippen MR) is 117 cm³/mol. The number of anilines is 1. The number of aromatic nitrogens is 6. The summed E-state index contributed by atoms with van der Waals surface area (Å²) >= 11 is 0. The maximum atomic E-state index is 13.1. The Morgan fingerprint density at radius 3 is 2.97 bits per heavy atom. The first-order valence-corrected chi connectivity index (χ1v) is 10.7. The lowest BCUT2D eigenvalue weighted by atomic mass is 10.1. The van der Waals surface area contributed by atoms with Gasteiger partial charge in [0.1, 0.15) is 18.1 Å². The van der Waals surface area contributed by atoms with Gasteiger partial charge in [-0.15, -0.1) is 10.2 Å². The smallest absolute Gasteiger partial charge is 0.274 e. The summed E-state index contributed by atoms with van der Waals surface area (Å²) in [5.74, 6) is 1.55. The molecule has 1 amide bonds. The number of nitrogens with zero attached hydrogens (tertiary/aromatic N) is 6. The Morgan fingerprint density at radius 1 is 1.19 bits per heavy atom. The van der Waals surface area contributed by atoms with E-state index in [0.717, 1.165) is 16.9 Å². The molecule has 1 saturated carbocycles. The zero-order valence-corrected chi connectivity index (χ0v) is 17.5. The summed E-state index contributed by atoms with van der Waals surface area (Å²) in [5.41, 5.74) is 3.61. The fourth-order valence-corrected chi connectivity index (χ4v) is 4.01. The molecule has 2 aliphatic rings. The molecule has 1 aromatic carbocycles. The Bertz CT molecular complexity index is 1320. The quantitative estimate of drug-likeness (QED) is 0.536. The van der Waals surface area contributed by atoms with Gasteiger partial charge in [-0.1, -0.05) is 6.07 Å². The molecule has 0 saturated heterocycles. The number of hydrogen-bond donors (Lipinski definition) is 1. The summed E-state index contributed by atoms with van der Waals surface area (Å²) in [6.07, 6.45) is 9.42. The number of hydrogen-bond acceptors (Lipinski definition) is 6. The van der Waals surface area contributed by atoms with Crippen molar-refractivity contribution in [3.63, 3.8) is 0 Å². The van der Waals surface area contributed by atoms with Crippen LogP contribution in [0.1, 0.15) is 41.9 Å². The molecule has 1 atom stereocenters. The summed E-state index contributed by atoms with van der Waals surface area (Å²) in [6.45, 7) is 2.60. The van der Waals surface area contributed by atoms with Gasteiger partial charge in [-0.05, 0) is 44.0 Å². The molecule has 0 bridgehead atoms. The van der Waals surface area contributed by atoms with Gasteiger partial charge in [0.05, 0.1) is 35.5 Å². The van der Waals surface area contributed by atoms with Crippen molar-refractivity contribution in [1.29, 1.82) is 0 Å². The molecule has 1 aliphatic carbocycles. The van der Waals surface area contributed by atoms with Crippen LogP contribution in [0, 0.1) is 0 Å². The maximum absolute atomic E-state index is 13.1. The van der Waals surface area contributed by atoms with E-state index in [2.05, 4.69) is 25.5 Å². The van der Waals surface area contributed by atoms with Crippen LogP contribution in [0.5, 0.6) is 5.75 Å². The van der Waals surface area contributed by atoms with Crippen molar-refractivity contribution in [1.82, 2.24) is 29.3 Å². The van der Waals surface area contributed by atoms with Crippen LogP contribution in [-0.4, -0.2) is 41.3 Å². The van der Waals surface area contributed by atoms with E-state index in [1.54, 1.807) is 24.9 Å². The number of imidazole rings is 1. The third kappa shape index (κ3) is 3.31. The molecular weight excluding hydrogens is 406 g/mol. The normalized spacial score (nSPS) is 17.1. The van der Waals surface area contributed by atoms with Gasteiger partial charge in [-0.25, -0.2) is 4.98 Å². The van der Waals surface area contributed by atoms with Crippen LogP contribution in [0.25, 0.3) is 17.1 Å². The van der Waals surface area contributed by atoms with Crippen LogP contribution in [0.2, 0.25) is 0 Å². The minimum absolute atomic E-state index is 0.104. The van der Waals surface area contributed by atoms with Crippen LogP contribution >= 0.6 is 0 Å². The van der Waals surface area contributed by atoms with Gasteiger partial charge >= 0.3 is 0 Å². The molecule has 0 unspecified atom stereocenters. The number of amides is 1. The highest BCUT2D eigenvalue weighted by molar-refractivity contribution is 6.04. The molecule has 32 heavy (non-hydrogen) atoms. The molecule has 4 aromatic rings. The molecule has 1 aliphatic heterocycles. The number of ether oxygens (including phenoxy) is 1. The number of para-hydroxylation sites is 1. The fraction of sp³-hybridized carbons (Fsp3) is 0.261. The van der Waals surface area contributed by atoms with Crippen molar-refractivity contribution in [3.8, 4) is 22.8 Å². The SMILES string of the molecule is C[C@@H]1Cn2cnnc2-c2cccc(NC(=O)c3cc(-n4cnc(C5CC5)c4)ccn3)c2O1. The van der Waals surface area contributed by atoms with Gasteiger partial charge in [0.2, 0.25) is 0 Å². The van der Waals surface area contributed by atoms with E-state index >= 15 is 0 Å². The molecule has 9 heteroatoms. The van der Waals surface area contributed by atoms with Crippen molar-refractivity contribution in [2.75, 3.05) is 5.32 Å². The van der Waals surface area contributed by atoms with E-state index in [0.29, 0.717) is 35.4 Å². The summed E-state index contributed by atoms with van der Waals surface area (Å²) in [7, 11) is 0. The molecule has 160 valence electrons. The molecule has 3 aromatic heterocycles. The maximum Gasteiger partial charge on any atom is 0.274 e. The Balaban J connectivity index is 1.30. The van der Waals surface area contributed by atoms with Crippen LogP contribution < -0.4 is 10.1 Å². The highest BCUT2D eigenvalue weighted by Gasteiger charge is 2.26. The van der Waals surface area contributed by atoms with Gasteiger partial charge in [-0.3, -0.25) is 9.78 Å². The summed E-state index contributed by atoms with van der Waals surface area (Å²) in [6, 6.07) is 9.22. The number of carbonyl (C=O) groups is 1. The number of nitrogens with one attached hydrogen (secondary N) is 1. The highest BCUT2D eigenvalue weighted by Crippen LogP contribution is 2.40. The van der Waals surface area contributed by atoms with Gasteiger partial charge in [-0.2, -0.15) is 0 Å². The van der Waals surface area contributed by atoms with E-state index in [4.69, 9.17) is 4.74 Å². The number of carbonyl (C=O) groups excluding carboxylic acids is 1. The van der Waals surface area contributed by atoms with Crippen LogP contribution in [-0.2, 0) is 6.54 Å². The van der Waals surface area contributed by atoms with Gasteiger partial charge in [0.15, 0.2) is 11.6 Å². The lowest BCUT2D eigenvalue weighted by Gasteiger charge is -2.16. The third-order valence-corrected chi connectivity index (χ3v) is 5.77. The standard InChI is InChI=1S/C23H21N7O2/c1-14-10-30-13-26-28-22(30)17-3-2-4-18(21(17)32-14)27-23(31)19-9-16(7-8-24-19)29-11-20(25-12-29)15-5-6-15/h2-4,7-9,11-15H,5-6,10H2,1H3,(H,27,31)/t14-/m1/s1. The van der Waals surface area contributed by atoms with Gasteiger partial charge in [0.25, 0.3) is 5.91 Å². The lowest BCUT2D eigenvalue weighted by Crippen LogP contribution is -2.19. The first kappa shape index (κ1) is 18.7. The largest absolute Gasteiger partial charge is 0.486 e. The van der Waals surface area contributed by atoms with E-state index in [9.17, 15) is 4.79 Å². The zero-order chi connectivity index (χ0) is 21.7. The van der Waals surface area contributed by atoms with E-state index in [1.807, 2.05) is 46.5 Å². The van der Waals surface area contributed by atoms with E-state index in [1.165, 1.54) is 12.8 Å². The van der Waals surface area contributed by atoms with E-state index < -0.39 is 0 Å².